The largest absolute Gasteiger partial charge is 0.293 e. The maximum Gasteiger partial charge on any atom is 0.178 e. The van der Waals surface area contributed by atoms with Crippen LogP contribution >= 0.6 is 11.6 Å². The van der Waals surface area contributed by atoms with Gasteiger partial charge in [0.15, 0.2) is 5.78 Å². The minimum absolute atomic E-state index is 0.0555. The summed E-state index contributed by atoms with van der Waals surface area (Å²) in [5, 5.41) is 4.82. The summed E-state index contributed by atoms with van der Waals surface area (Å²) in [6.07, 6.45) is 4.30. The molecule has 5 heteroatoms. The van der Waals surface area contributed by atoms with E-state index in [2.05, 4.69) is 10.1 Å². The number of pyridine rings is 1. The van der Waals surface area contributed by atoms with Gasteiger partial charge in [0.2, 0.25) is 0 Å². The number of ketones is 1. The Bertz CT molecular complexity index is 839. The van der Waals surface area contributed by atoms with E-state index in [-0.39, 0.29) is 5.78 Å². The molecular formula is C18H16ClN3O. The Balaban J connectivity index is 1.88. The zero-order valence-electron chi connectivity index (χ0n) is 13.0. The number of Topliss-reactive ketones (excluding diaryl/α,β-unsaturated/α-hetero) is 1. The van der Waals surface area contributed by atoms with Gasteiger partial charge in [0.25, 0.3) is 0 Å². The number of aryl methyl sites for hydroxylation is 1. The van der Waals surface area contributed by atoms with Gasteiger partial charge in [-0.2, -0.15) is 5.10 Å². The van der Waals surface area contributed by atoms with Crippen LogP contribution in [0.25, 0.3) is 5.69 Å². The van der Waals surface area contributed by atoms with E-state index in [1.54, 1.807) is 16.9 Å². The van der Waals surface area contributed by atoms with E-state index in [1.165, 1.54) is 6.92 Å². The van der Waals surface area contributed by atoms with Gasteiger partial charge in [-0.1, -0.05) is 23.7 Å². The number of halogens is 1. The molecule has 3 aromatic rings. The van der Waals surface area contributed by atoms with Crippen molar-refractivity contribution in [3.63, 3.8) is 0 Å². The molecule has 116 valence electrons. The normalized spacial score (nSPS) is 10.7. The van der Waals surface area contributed by atoms with E-state index in [0.717, 1.165) is 16.8 Å². The Labute approximate surface area is 139 Å². The second kappa shape index (κ2) is 6.34. The monoisotopic (exact) mass is 325 g/mol. The first-order chi connectivity index (χ1) is 11.0. The van der Waals surface area contributed by atoms with Crippen molar-refractivity contribution in [2.24, 2.45) is 0 Å². The fourth-order valence-electron chi connectivity index (χ4n) is 2.44. The summed E-state index contributed by atoms with van der Waals surface area (Å²) in [7, 11) is 0. The predicted octanol–water partition coefficient (Wildman–Crippen LogP) is 4.02. The van der Waals surface area contributed by atoms with Gasteiger partial charge in [0, 0.05) is 19.3 Å². The molecule has 1 aromatic carbocycles. The minimum atomic E-state index is -0.0555. The molecule has 2 heterocycles. The number of carbonyl (C=O) groups is 1. The molecule has 0 amide bonds. The zero-order chi connectivity index (χ0) is 16.4. The molecule has 0 fully saturated rings. The SMILES string of the molecule is CC(=O)c1cc(Cc2ccc(-n3cccn3)cc2)c(Cl)c(C)n1. The average molecular weight is 326 g/mol. The van der Waals surface area contributed by atoms with Crippen molar-refractivity contribution in [1.29, 1.82) is 0 Å². The average Bonchev–Trinajstić information content (AvgIpc) is 3.06. The zero-order valence-corrected chi connectivity index (χ0v) is 13.7. The smallest absolute Gasteiger partial charge is 0.178 e. The number of aromatic nitrogens is 3. The number of nitrogens with zero attached hydrogens (tertiary/aromatic N) is 3. The fourth-order valence-corrected chi connectivity index (χ4v) is 2.60. The van der Waals surface area contributed by atoms with Crippen LogP contribution < -0.4 is 0 Å². The molecule has 0 aliphatic heterocycles. The fraction of sp³-hybridized carbons (Fsp3) is 0.167. The second-order valence-corrected chi connectivity index (χ2v) is 5.79. The van der Waals surface area contributed by atoms with Gasteiger partial charge in [0.1, 0.15) is 5.69 Å². The van der Waals surface area contributed by atoms with Crippen molar-refractivity contribution in [2.75, 3.05) is 0 Å². The van der Waals surface area contributed by atoms with E-state index in [1.807, 2.05) is 43.5 Å². The lowest BCUT2D eigenvalue weighted by molar-refractivity contribution is 0.101. The van der Waals surface area contributed by atoms with E-state index in [9.17, 15) is 4.79 Å². The summed E-state index contributed by atoms with van der Waals surface area (Å²) in [6.45, 7) is 3.33. The number of rotatable bonds is 4. The molecule has 4 nitrogen and oxygen atoms in total. The third-order valence-electron chi connectivity index (χ3n) is 3.66. The van der Waals surface area contributed by atoms with Gasteiger partial charge in [-0.15, -0.1) is 0 Å². The summed E-state index contributed by atoms with van der Waals surface area (Å²) >= 11 is 6.34. The van der Waals surface area contributed by atoms with E-state index in [4.69, 9.17) is 11.6 Å². The lowest BCUT2D eigenvalue weighted by Crippen LogP contribution is -2.03. The summed E-state index contributed by atoms with van der Waals surface area (Å²) in [4.78, 5) is 15.8. The third-order valence-corrected chi connectivity index (χ3v) is 4.18. The maximum absolute atomic E-state index is 11.6. The Kier molecular flexibility index (Phi) is 4.26. The summed E-state index contributed by atoms with van der Waals surface area (Å²) < 4.78 is 1.81. The van der Waals surface area contributed by atoms with Gasteiger partial charge in [-0.3, -0.25) is 4.79 Å². The van der Waals surface area contributed by atoms with Crippen LogP contribution in [0.15, 0.2) is 48.8 Å². The van der Waals surface area contributed by atoms with E-state index in [0.29, 0.717) is 22.8 Å². The number of benzene rings is 1. The molecule has 3 rings (SSSR count). The standard InChI is InChI=1S/C18H16ClN3O/c1-12-18(19)15(11-17(21-12)13(2)23)10-14-4-6-16(7-5-14)22-9-3-8-20-22/h3-9,11H,10H2,1-2H3. The Hall–Kier alpha value is -2.46. The first-order valence-corrected chi connectivity index (χ1v) is 7.68. The molecule has 23 heavy (non-hydrogen) atoms. The molecular weight excluding hydrogens is 310 g/mol. The van der Waals surface area contributed by atoms with Crippen LogP contribution in [0.2, 0.25) is 5.02 Å². The molecule has 0 saturated heterocycles. The van der Waals surface area contributed by atoms with Crippen LogP contribution in [-0.4, -0.2) is 20.5 Å². The van der Waals surface area contributed by atoms with Crippen LogP contribution in [0.4, 0.5) is 0 Å². The molecule has 2 aromatic heterocycles. The molecule has 0 bridgehead atoms. The van der Waals surface area contributed by atoms with E-state index >= 15 is 0 Å². The van der Waals surface area contributed by atoms with Crippen LogP contribution in [0.5, 0.6) is 0 Å². The van der Waals surface area contributed by atoms with Crippen molar-refractivity contribution >= 4 is 17.4 Å². The van der Waals surface area contributed by atoms with Gasteiger partial charge in [-0.25, -0.2) is 9.67 Å². The van der Waals surface area contributed by atoms with Crippen molar-refractivity contribution < 1.29 is 4.79 Å². The second-order valence-electron chi connectivity index (χ2n) is 5.42. The number of carbonyl (C=O) groups excluding carboxylic acids is 1. The van der Waals surface area contributed by atoms with Crippen molar-refractivity contribution in [3.8, 4) is 5.69 Å². The lowest BCUT2D eigenvalue weighted by atomic mass is 10.0. The number of hydrogen-bond acceptors (Lipinski definition) is 3. The lowest BCUT2D eigenvalue weighted by Gasteiger charge is -2.09. The highest BCUT2D eigenvalue weighted by Gasteiger charge is 2.11. The van der Waals surface area contributed by atoms with Crippen molar-refractivity contribution in [1.82, 2.24) is 14.8 Å². The minimum Gasteiger partial charge on any atom is -0.293 e. The van der Waals surface area contributed by atoms with Crippen LogP contribution in [0.3, 0.4) is 0 Å². The first kappa shape index (κ1) is 15.4. The molecule has 0 aliphatic carbocycles. The Morgan fingerprint density at radius 3 is 2.61 bits per heavy atom. The van der Waals surface area contributed by atoms with Crippen LogP contribution in [-0.2, 0) is 6.42 Å². The topological polar surface area (TPSA) is 47.8 Å². The predicted molar refractivity (Wildman–Crippen MR) is 90.4 cm³/mol. The summed E-state index contributed by atoms with van der Waals surface area (Å²) in [5.41, 5.74) is 4.16. The Morgan fingerprint density at radius 1 is 1.26 bits per heavy atom. The van der Waals surface area contributed by atoms with Crippen molar-refractivity contribution in [3.05, 3.63) is 76.3 Å². The maximum atomic E-state index is 11.6. The van der Waals surface area contributed by atoms with Gasteiger partial charge >= 0.3 is 0 Å². The number of hydrogen-bond donors (Lipinski definition) is 0. The van der Waals surface area contributed by atoms with Gasteiger partial charge < -0.3 is 0 Å². The molecule has 0 aliphatic rings. The third kappa shape index (κ3) is 3.32. The molecule has 0 N–H and O–H groups in total. The molecule has 0 spiro atoms. The quantitative estimate of drug-likeness (QED) is 0.681. The highest BCUT2D eigenvalue weighted by Crippen LogP contribution is 2.24. The molecule has 0 atom stereocenters. The highest BCUT2D eigenvalue weighted by molar-refractivity contribution is 6.32. The molecule has 0 radical (unpaired) electrons. The summed E-state index contributed by atoms with van der Waals surface area (Å²) in [5.74, 6) is -0.0555. The van der Waals surface area contributed by atoms with Gasteiger partial charge in [0.05, 0.1) is 16.4 Å². The first-order valence-electron chi connectivity index (χ1n) is 7.30. The van der Waals surface area contributed by atoms with Crippen LogP contribution in [0.1, 0.15) is 34.2 Å². The highest BCUT2D eigenvalue weighted by atomic mass is 35.5. The Morgan fingerprint density at radius 2 is 2.00 bits per heavy atom. The summed E-state index contributed by atoms with van der Waals surface area (Å²) in [6, 6.07) is 11.8. The van der Waals surface area contributed by atoms with Crippen LogP contribution in [0, 0.1) is 6.92 Å². The van der Waals surface area contributed by atoms with Gasteiger partial charge in [-0.05, 0) is 48.7 Å². The van der Waals surface area contributed by atoms with E-state index < -0.39 is 0 Å². The molecule has 0 unspecified atom stereocenters. The van der Waals surface area contributed by atoms with Crippen molar-refractivity contribution in [2.45, 2.75) is 20.3 Å². The molecule has 0 saturated carbocycles.